The van der Waals surface area contributed by atoms with Gasteiger partial charge in [-0.25, -0.2) is 9.80 Å². The van der Waals surface area contributed by atoms with Crippen LogP contribution >= 0.6 is 0 Å². The van der Waals surface area contributed by atoms with E-state index in [9.17, 15) is 4.79 Å². The molecule has 1 aliphatic heterocycles. The first-order valence-electron chi connectivity index (χ1n) is 8.38. The molecule has 1 saturated heterocycles. The first-order valence-corrected chi connectivity index (χ1v) is 8.38. The summed E-state index contributed by atoms with van der Waals surface area (Å²) in [5.41, 5.74) is -0.565. The van der Waals surface area contributed by atoms with Crippen molar-refractivity contribution in [3.63, 3.8) is 0 Å². The molecule has 0 saturated carbocycles. The molecule has 0 aromatic rings. The summed E-state index contributed by atoms with van der Waals surface area (Å²) in [6.07, 6.45) is -0.250. The molecule has 1 rings (SSSR count). The van der Waals surface area contributed by atoms with Gasteiger partial charge in [0.05, 0.1) is 21.1 Å². The minimum atomic E-state index is -0.474. The molecule has 130 valence electrons. The number of hydrogen-bond acceptors (Lipinski definition) is 3. The highest BCUT2D eigenvalue weighted by Gasteiger charge is 2.65. The zero-order chi connectivity index (χ0) is 17.5. The molecule has 0 spiro atoms. The van der Waals surface area contributed by atoms with Crippen LogP contribution in [0.15, 0.2) is 0 Å². The van der Waals surface area contributed by atoms with Crippen LogP contribution in [-0.4, -0.2) is 66.1 Å². The van der Waals surface area contributed by atoms with Gasteiger partial charge in [0.2, 0.25) is 0 Å². The minimum Gasteiger partial charge on any atom is -0.443 e. The highest BCUT2D eigenvalue weighted by molar-refractivity contribution is 5.67. The fourth-order valence-corrected chi connectivity index (χ4v) is 4.34. The Bertz CT molecular complexity index is 402. The van der Waals surface area contributed by atoms with Crippen molar-refractivity contribution in [2.45, 2.75) is 59.7 Å². The number of carbonyl (C=O) groups excluding carboxylic acids is 1. The van der Waals surface area contributed by atoms with Crippen molar-refractivity contribution < 1.29 is 14.0 Å². The number of rotatable bonds is 4. The van der Waals surface area contributed by atoms with E-state index in [0.29, 0.717) is 18.4 Å². The molecule has 5 nitrogen and oxygen atoms in total. The number of nitrogens with zero attached hydrogens (tertiary/aromatic N) is 3. The molecule has 0 radical (unpaired) electrons. The Kier molecular flexibility index (Phi) is 5.25. The summed E-state index contributed by atoms with van der Waals surface area (Å²) in [5, 5.41) is 4.02. The maximum atomic E-state index is 12.6. The van der Waals surface area contributed by atoms with Crippen molar-refractivity contribution in [1.82, 2.24) is 10.0 Å². The van der Waals surface area contributed by atoms with E-state index >= 15 is 0 Å². The molecular weight excluding hydrogens is 278 g/mol. The van der Waals surface area contributed by atoms with E-state index in [0.717, 1.165) is 11.0 Å². The second-order valence-electron chi connectivity index (χ2n) is 8.63. The number of amides is 1. The zero-order valence-electron chi connectivity index (χ0n) is 16.2. The molecule has 0 aliphatic carbocycles. The van der Waals surface area contributed by atoms with Crippen LogP contribution in [0.5, 0.6) is 0 Å². The van der Waals surface area contributed by atoms with Crippen LogP contribution in [0.2, 0.25) is 0 Å². The van der Waals surface area contributed by atoms with Crippen LogP contribution in [0.1, 0.15) is 48.5 Å². The fourth-order valence-electron chi connectivity index (χ4n) is 4.34. The first kappa shape index (κ1) is 19.2. The Labute approximate surface area is 136 Å². The Morgan fingerprint density at radius 1 is 1.36 bits per heavy atom. The third-order valence-corrected chi connectivity index (χ3v) is 4.71. The van der Waals surface area contributed by atoms with E-state index in [1.165, 1.54) is 0 Å². The van der Waals surface area contributed by atoms with Gasteiger partial charge in [-0.3, -0.25) is 0 Å². The van der Waals surface area contributed by atoms with E-state index < -0.39 is 5.60 Å². The Hall–Kier alpha value is -0.810. The topological polar surface area (TPSA) is 32.8 Å². The van der Waals surface area contributed by atoms with Crippen molar-refractivity contribution in [3.05, 3.63) is 0 Å². The second-order valence-corrected chi connectivity index (χ2v) is 8.63. The van der Waals surface area contributed by atoms with Gasteiger partial charge in [-0.15, -0.1) is 0 Å². The van der Waals surface area contributed by atoms with Crippen LogP contribution in [0.3, 0.4) is 0 Å². The number of quaternary nitrogens is 1. The van der Waals surface area contributed by atoms with Crippen molar-refractivity contribution in [2.75, 3.05) is 34.2 Å². The van der Waals surface area contributed by atoms with Gasteiger partial charge >= 0.3 is 6.09 Å². The first-order chi connectivity index (χ1) is 9.79. The molecular formula is C17H36N3O2+. The maximum absolute atomic E-state index is 12.6. The van der Waals surface area contributed by atoms with Crippen LogP contribution in [0.25, 0.3) is 0 Å². The molecule has 1 fully saturated rings. The average Bonchev–Trinajstić information content (AvgIpc) is 2.23. The molecule has 0 bridgehead atoms. The van der Waals surface area contributed by atoms with E-state index in [4.69, 9.17) is 4.74 Å². The standard InChI is InChI=1S/C17H36N3O2/c1-11-18(15(21)22-16(5,6)7)19-12-14(4)17(19,13(2)3)20(8,9)10/h13-14H,11-12H2,1-10H3/q+1. The predicted octanol–water partition coefficient (Wildman–Crippen LogP) is 3.17. The van der Waals surface area contributed by atoms with Gasteiger partial charge < -0.3 is 9.22 Å². The summed E-state index contributed by atoms with van der Waals surface area (Å²) < 4.78 is 6.40. The molecule has 1 aliphatic rings. The SMILES string of the molecule is CCN(C(=O)OC(C)(C)C)N1CC(C)C1(C(C)C)[N+](C)(C)C. The largest absolute Gasteiger partial charge is 0.443 e. The van der Waals surface area contributed by atoms with E-state index in [2.05, 4.69) is 46.9 Å². The number of hydrogen-bond donors (Lipinski definition) is 0. The second kappa shape index (κ2) is 6.00. The van der Waals surface area contributed by atoms with Gasteiger partial charge in [0, 0.05) is 24.9 Å². The molecule has 1 heterocycles. The molecule has 2 unspecified atom stereocenters. The van der Waals surface area contributed by atoms with Gasteiger partial charge in [0.1, 0.15) is 5.60 Å². The summed E-state index contributed by atoms with van der Waals surface area (Å²) in [6, 6.07) is 0. The Morgan fingerprint density at radius 3 is 2.14 bits per heavy atom. The predicted molar refractivity (Wildman–Crippen MR) is 90.1 cm³/mol. The molecule has 22 heavy (non-hydrogen) atoms. The number of carbonyl (C=O) groups is 1. The Morgan fingerprint density at radius 2 is 1.86 bits per heavy atom. The highest BCUT2D eigenvalue weighted by Crippen LogP contribution is 2.47. The summed E-state index contributed by atoms with van der Waals surface area (Å²) >= 11 is 0. The summed E-state index contributed by atoms with van der Waals surface area (Å²) in [6.45, 7) is 16.0. The lowest BCUT2D eigenvalue weighted by atomic mass is 9.74. The van der Waals surface area contributed by atoms with Crippen LogP contribution in [0, 0.1) is 11.8 Å². The number of hydrazine groups is 1. The lowest BCUT2D eigenvalue weighted by Crippen LogP contribution is -2.84. The van der Waals surface area contributed by atoms with Gasteiger partial charge in [-0.1, -0.05) is 20.8 Å². The average molecular weight is 314 g/mol. The van der Waals surface area contributed by atoms with Crippen molar-refractivity contribution >= 4 is 6.09 Å². The van der Waals surface area contributed by atoms with Crippen molar-refractivity contribution in [1.29, 1.82) is 0 Å². The van der Waals surface area contributed by atoms with Gasteiger partial charge in [-0.2, -0.15) is 5.01 Å². The third kappa shape index (κ3) is 3.11. The smallest absolute Gasteiger partial charge is 0.425 e. The maximum Gasteiger partial charge on any atom is 0.425 e. The van der Waals surface area contributed by atoms with E-state index in [1.807, 2.05) is 27.7 Å². The summed E-state index contributed by atoms with van der Waals surface area (Å²) in [7, 11) is 6.64. The molecule has 1 amide bonds. The van der Waals surface area contributed by atoms with Crippen LogP contribution in [-0.2, 0) is 4.74 Å². The Balaban J connectivity index is 3.14. The minimum absolute atomic E-state index is 0.0904. The van der Waals surface area contributed by atoms with E-state index in [-0.39, 0.29) is 11.8 Å². The molecule has 5 heteroatoms. The molecule has 0 aromatic heterocycles. The van der Waals surface area contributed by atoms with E-state index in [1.54, 1.807) is 5.01 Å². The van der Waals surface area contributed by atoms with Crippen molar-refractivity contribution in [2.24, 2.45) is 11.8 Å². The third-order valence-electron chi connectivity index (χ3n) is 4.71. The monoisotopic (exact) mass is 314 g/mol. The normalized spacial score (nSPS) is 26.8. The quantitative estimate of drug-likeness (QED) is 0.747. The zero-order valence-corrected chi connectivity index (χ0v) is 16.2. The van der Waals surface area contributed by atoms with Crippen LogP contribution in [0.4, 0.5) is 4.79 Å². The fraction of sp³-hybridized carbons (Fsp3) is 0.941. The lowest BCUT2D eigenvalue weighted by Gasteiger charge is -2.66. The van der Waals surface area contributed by atoms with Gasteiger partial charge in [0.15, 0.2) is 5.66 Å². The molecule has 0 aromatic carbocycles. The van der Waals surface area contributed by atoms with Gasteiger partial charge in [-0.05, 0) is 27.7 Å². The van der Waals surface area contributed by atoms with Gasteiger partial charge in [0.25, 0.3) is 0 Å². The summed E-state index contributed by atoms with van der Waals surface area (Å²) in [5.74, 6) is 0.941. The number of ether oxygens (including phenoxy) is 1. The summed E-state index contributed by atoms with van der Waals surface area (Å²) in [4.78, 5) is 12.6. The highest BCUT2D eigenvalue weighted by atomic mass is 16.6. The van der Waals surface area contributed by atoms with Crippen molar-refractivity contribution in [3.8, 4) is 0 Å². The lowest BCUT2D eigenvalue weighted by molar-refractivity contribution is -0.961. The van der Waals surface area contributed by atoms with Crippen LogP contribution < -0.4 is 0 Å². The molecule has 2 atom stereocenters. The molecule has 0 N–H and O–H groups in total.